The van der Waals surface area contributed by atoms with E-state index in [-0.39, 0.29) is 6.07 Å². The van der Waals surface area contributed by atoms with Gasteiger partial charge in [0.25, 0.3) is 10.1 Å². The lowest BCUT2D eigenvalue weighted by Crippen LogP contribution is -2.22. The fourth-order valence-electron chi connectivity index (χ4n) is 1.68. The van der Waals surface area contributed by atoms with Gasteiger partial charge < -0.3 is 20.4 Å². The molecule has 0 saturated heterocycles. The van der Waals surface area contributed by atoms with Gasteiger partial charge in [-0.3, -0.25) is 4.55 Å². The normalized spacial score (nSPS) is 11.0. The summed E-state index contributed by atoms with van der Waals surface area (Å²) in [4.78, 5) is 42.7. The monoisotopic (exact) mass is 334 g/mol. The number of carbonyl (C=O) groups is 4. The minimum atomic E-state index is -5.33. The Morgan fingerprint density at radius 3 is 1.41 bits per heavy atom. The summed E-state index contributed by atoms with van der Waals surface area (Å²) in [5.41, 5.74) is -5.86. The van der Waals surface area contributed by atoms with Crippen LogP contribution in [-0.2, 0) is 10.1 Å². The third-order valence-electron chi connectivity index (χ3n) is 2.44. The van der Waals surface area contributed by atoms with Crippen molar-refractivity contribution in [1.29, 1.82) is 0 Å². The smallest absolute Gasteiger partial charge is 0.338 e. The lowest BCUT2D eigenvalue weighted by atomic mass is 9.95. The van der Waals surface area contributed by atoms with Gasteiger partial charge in [0, 0.05) is 0 Å². The van der Waals surface area contributed by atoms with E-state index in [0.717, 1.165) is 0 Å². The summed E-state index contributed by atoms with van der Waals surface area (Å²) in [5, 5.41) is 35.6. The first-order chi connectivity index (χ1) is 9.89. The molecule has 0 radical (unpaired) electrons. The second-order valence-corrected chi connectivity index (χ2v) is 5.13. The van der Waals surface area contributed by atoms with Crippen molar-refractivity contribution in [3.8, 4) is 0 Å². The third kappa shape index (κ3) is 2.87. The van der Waals surface area contributed by atoms with Gasteiger partial charge in [-0.1, -0.05) is 0 Å². The summed E-state index contributed by atoms with van der Waals surface area (Å²) in [6, 6.07) is 0.0665. The molecule has 118 valence electrons. The van der Waals surface area contributed by atoms with Crippen LogP contribution in [0.3, 0.4) is 0 Å². The molecule has 12 heteroatoms. The predicted octanol–water partition coefficient (Wildman–Crippen LogP) is -0.274. The Morgan fingerprint density at radius 1 is 0.727 bits per heavy atom. The number of benzene rings is 1. The zero-order valence-electron chi connectivity index (χ0n) is 10.2. The largest absolute Gasteiger partial charge is 0.478 e. The summed E-state index contributed by atoms with van der Waals surface area (Å²) in [7, 11) is -5.33. The number of aromatic carboxylic acids is 4. The SMILES string of the molecule is O=C(O)c1cc(S(=O)(=O)O)c(C(=O)O)c(C(=O)O)c1C(=O)O. The van der Waals surface area contributed by atoms with Crippen LogP contribution in [0.15, 0.2) is 11.0 Å². The van der Waals surface area contributed by atoms with Crippen LogP contribution in [0.1, 0.15) is 41.4 Å². The Balaban J connectivity index is 4.27. The zero-order valence-corrected chi connectivity index (χ0v) is 11.0. The highest BCUT2D eigenvalue weighted by atomic mass is 32.2. The van der Waals surface area contributed by atoms with E-state index in [0.29, 0.717) is 0 Å². The number of carboxylic acids is 4. The van der Waals surface area contributed by atoms with Crippen molar-refractivity contribution in [3.63, 3.8) is 0 Å². The second kappa shape index (κ2) is 5.42. The number of hydrogen-bond donors (Lipinski definition) is 5. The van der Waals surface area contributed by atoms with Gasteiger partial charge >= 0.3 is 23.9 Å². The maximum Gasteiger partial charge on any atom is 0.338 e. The van der Waals surface area contributed by atoms with Gasteiger partial charge in [0.1, 0.15) is 4.90 Å². The molecular formula is C10H6O11S. The highest BCUT2D eigenvalue weighted by Gasteiger charge is 2.35. The minimum Gasteiger partial charge on any atom is -0.478 e. The summed E-state index contributed by atoms with van der Waals surface area (Å²) in [6.45, 7) is 0. The highest BCUT2D eigenvalue weighted by Crippen LogP contribution is 2.27. The summed E-state index contributed by atoms with van der Waals surface area (Å²) >= 11 is 0. The molecule has 1 aromatic carbocycles. The Labute approximate surface area is 120 Å². The van der Waals surface area contributed by atoms with Crippen molar-refractivity contribution in [3.05, 3.63) is 28.3 Å². The Bertz CT molecular complexity index is 818. The van der Waals surface area contributed by atoms with Gasteiger partial charge in [-0.15, -0.1) is 0 Å². The standard InChI is InChI=1S/C10H6O11S/c11-7(12)2-1-3(22(19,20)21)5(9(15)16)6(10(17)18)4(2)8(13)14/h1H,(H,11,12)(H,13,14)(H,15,16)(H,17,18)(H,19,20,21). The molecule has 5 N–H and O–H groups in total. The maximum absolute atomic E-state index is 11.1. The quantitative estimate of drug-likeness (QED) is 0.443. The first-order valence-electron chi connectivity index (χ1n) is 5.01. The zero-order chi connectivity index (χ0) is 17.4. The molecule has 0 aliphatic carbocycles. The average Bonchev–Trinajstić information content (AvgIpc) is 2.34. The van der Waals surface area contributed by atoms with E-state index >= 15 is 0 Å². The first kappa shape index (κ1) is 17.1. The molecular weight excluding hydrogens is 328 g/mol. The van der Waals surface area contributed by atoms with Gasteiger partial charge in [0.15, 0.2) is 0 Å². The Hall–Kier alpha value is -2.99. The molecule has 0 fully saturated rings. The van der Waals surface area contributed by atoms with Crippen LogP contribution in [0.2, 0.25) is 0 Å². The second-order valence-electron chi connectivity index (χ2n) is 3.74. The van der Waals surface area contributed by atoms with Crippen LogP contribution in [0.25, 0.3) is 0 Å². The van der Waals surface area contributed by atoms with Crippen LogP contribution in [0.5, 0.6) is 0 Å². The van der Waals surface area contributed by atoms with Crippen molar-refractivity contribution in [2.45, 2.75) is 4.90 Å². The average molecular weight is 334 g/mol. The molecule has 0 aliphatic heterocycles. The Kier molecular flexibility index (Phi) is 4.20. The number of carboxylic acid groups (broad SMARTS) is 4. The first-order valence-corrected chi connectivity index (χ1v) is 6.45. The fraction of sp³-hybridized carbons (Fsp3) is 0. The van der Waals surface area contributed by atoms with Gasteiger partial charge in [-0.05, 0) is 6.07 Å². The van der Waals surface area contributed by atoms with Crippen molar-refractivity contribution in [1.82, 2.24) is 0 Å². The molecule has 0 amide bonds. The number of hydrogen-bond acceptors (Lipinski definition) is 6. The van der Waals surface area contributed by atoms with Crippen LogP contribution < -0.4 is 0 Å². The topological polar surface area (TPSA) is 204 Å². The predicted molar refractivity (Wildman–Crippen MR) is 64.1 cm³/mol. The molecule has 0 aliphatic rings. The van der Waals surface area contributed by atoms with Crippen molar-refractivity contribution < 1.29 is 52.6 Å². The lowest BCUT2D eigenvalue weighted by molar-refractivity contribution is 0.0617. The summed E-state index contributed by atoms with van der Waals surface area (Å²) in [6.07, 6.45) is 0. The molecule has 0 aromatic heterocycles. The van der Waals surface area contributed by atoms with Gasteiger partial charge in [-0.25, -0.2) is 19.2 Å². The van der Waals surface area contributed by atoms with E-state index in [9.17, 15) is 27.6 Å². The van der Waals surface area contributed by atoms with Crippen LogP contribution in [0.4, 0.5) is 0 Å². The molecule has 0 bridgehead atoms. The van der Waals surface area contributed by atoms with Crippen LogP contribution in [0, 0.1) is 0 Å². The molecule has 11 nitrogen and oxygen atoms in total. The van der Waals surface area contributed by atoms with E-state index in [4.69, 9.17) is 25.0 Å². The van der Waals surface area contributed by atoms with E-state index in [1.165, 1.54) is 0 Å². The third-order valence-corrected chi connectivity index (χ3v) is 3.32. The van der Waals surface area contributed by atoms with Crippen molar-refractivity contribution >= 4 is 34.0 Å². The van der Waals surface area contributed by atoms with Gasteiger partial charge in [-0.2, -0.15) is 8.42 Å². The van der Waals surface area contributed by atoms with Crippen molar-refractivity contribution in [2.75, 3.05) is 0 Å². The summed E-state index contributed by atoms with van der Waals surface area (Å²) in [5.74, 6) is -8.49. The Morgan fingerprint density at radius 2 is 1.14 bits per heavy atom. The van der Waals surface area contributed by atoms with E-state index in [1.807, 2.05) is 0 Å². The fourth-order valence-corrected chi connectivity index (χ4v) is 2.39. The van der Waals surface area contributed by atoms with Crippen LogP contribution in [-0.4, -0.2) is 57.3 Å². The van der Waals surface area contributed by atoms with Gasteiger partial charge in [0.05, 0.1) is 22.3 Å². The maximum atomic E-state index is 11.1. The molecule has 0 unspecified atom stereocenters. The highest BCUT2D eigenvalue weighted by molar-refractivity contribution is 7.86. The van der Waals surface area contributed by atoms with E-state index in [2.05, 4.69) is 0 Å². The van der Waals surface area contributed by atoms with Crippen molar-refractivity contribution in [2.24, 2.45) is 0 Å². The van der Waals surface area contributed by atoms with E-state index < -0.39 is 61.1 Å². The number of rotatable bonds is 5. The van der Waals surface area contributed by atoms with Crippen LogP contribution >= 0.6 is 0 Å². The molecule has 22 heavy (non-hydrogen) atoms. The van der Waals surface area contributed by atoms with E-state index in [1.54, 1.807) is 0 Å². The molecule has 1 aromatic rings. The molecule has 0 spiro atoms. The molecule has 1 rings (SSSR count). The lowest BCUT2D eigenvalue weighted by Gasteiger charge is -2.12. The molecule has 0 heterocycles. The summed E-state index contributed by atoms with van der Waals surface area (Å²) < 4.78 is 31.2. The minimum absolute atomic E-state index is 0.0665. The molecule has 0 atom stereocenters. The molecule has 0 saturated carbocycles. The van der Waals surface area contributed by atoms with Gasteiger partial charge in [0.2, 0.25) is 0 Å².